The second kappa shape index (κ2) is 9.33. The van der Waals surface area contributed by atoms with E-state index in [1.165, 1.54) is 34.8 Å². The van der Waals surface area contributed by atoms with Gasteiger partial charge >= 0.3 is 6.03 Å². The van der Waals surface area contributed by atoms with Crippen LogP contribution in [0.15, 0.2) is 41.6 Å². The predicted octanol–water partition coefficient (Wildman–Crippen LogP) is 2.41. The summed E-state index contributed by atoms with van der Waals surface area (Å²) in [6.45, 7) is 1.00. The van der Waals surface area contributed by atoms with Crippen molar-refractivity contribution >= 4 is 17.1 Å². The molecule has 0 atom stereocenters. The van der Waals surface area contributed by atoms with E-state index in [0.717, 1.165) is 24.3 Å². The van der Waals surface area contributed by atoms with Crippen molar-refractivity contribution < 1.29 is 14.6 Å². The fraction of sp³-hybridized carbons (Fsp3) is 0.520. The van der Waals surface area contributed by atoms with Crippen LogP contribution in [0.2, 0.25) is 0 Å². The van der Waals surface area contributed by atoms with Crippen LogP contribution < -0.4 is 10.3 Å². The molecule has 2 amide bonds. The molecule has 0 spiro atoms. The molecule has 2 aromatic heterocycles. The fourth-order valence-electron chi connectivity index (χ4n) is 4.99. The Balaban J connectivity index is 1.31. The average Bonchev–Trinajstić information content (AvgIpc) is 3.52. The summed E-state index contributed by atoms with van der Waals surface area (Å²) < 4.78 is 9.12. The highest BCUT2D eigenvalue weighted by atomic mass is 16.5. The summed E-state index contributed by atoms with van der Waals surface area (Å²) in [6.07, 6.45) is 8.71. The molecular formula is C25H32N6O4. The summed E-state index contributed by atoms with van der Waals surface area (Å²) in [4.78, 5) is 33.1. The Hall–Kier alpha value is -3.40. The lowest BCUT2D eigenvalue weighted by Crippen LogP contribution is -2.51. The van der Waals surface area contributed by atoms with Crippen molar-refractivity contribution in [2.75, 3.05) is 27.2 Å². The van der Waals surface area contributed by atoms with E-state index in [4.69, 9.17) is 4.74 Å². The van der Waals surface area contributed by atoms with Crippen LogP contribution in [0.1, 0.15) is 38.5 Å². The first kappa shape index (κ1) is 23.3. The zero-order chi connectivity index (χ0) is 24.6. The van der Waals surface area contributed by atoms with Gasteiger partial charge in [0.15, 0.2) is 5.65 Å². The number of carbonyl (C=O) groups is 1. The summed E-state index contributed by atoms with van der Waals surface area (Å²) in [6, 6.07) is 7.60. The number of piperidine rings is 1. The lowest BCUT2D eigenvalue weighted by Gasteiger charge is -2.39. The van der Waals surface area contributed by atoms with Gasteiger partial charge in [-0.1, -0.05) is 0 Å². The molecule has 1 aliphatic carbocycles. The third kappa shape index (κ3) is 4.75. The molecule has 3 heterocycles. The first-order valence-corrected chi connectivity index (χ1v) is 12.2. The molecule has 2 aliphatic rings. The van der Waals surface area contributed by atoms with Crippen LogP contribution in [-0.4, -0.2) is 79.2 Å². The third-order valence-electron chi connectivity index (χ3n) is 7.05. The quantitative estimate of drug-likeness (QED) is 0.601. The number of carbonyl (C=O) groups excluding carboxylic acids is 1. The number of nitrogens with zero attached hydrogens (tertiary/aromatic N) is 6. The molecule has 1 saturated heterocycles. The first-order chi connectivity index (χ1) is 16.8. The second-order valence-electron chi connectivity index (χ2n) is 9.88. The fourth-order valence-corrected chi connectivity index (χ4v) is 4.99. The number of rotatable bonds is 5. The molecule has 0 radical (unpaired) electrons. The van der Waals surface area contributed by atoms with E-state index < -0.39 is 5.60 Å². The third-order valence-corrected chi connectivity index (χ3v) is 7.05. The smallest absolute Gasteiger partial charge is 0.319 e. The molecule has 2 fully saturated rings. The SMILES string of the molecule is CN(C)C(=O)N1CCC(O)(Cn2cnc3c(cnn3-c3ccc(OC4CCCC4)cc3)c2=O)CC1. The highest BCUT2D eigenvalue weighted by Crippen LogP contribution is 2.26. The molecule has 1 N–H and O–H groups in total. The Morgan fingerprint density at radius 2 is 1.86 bits per heavy atom. The van der Waals surface area contributed by atoms with Gasteiger partial charge in [0.05, 0.1) is 30.1 Å². The van der Waals surface area contributed by atoms with Gasteiger partial charge in [-0.2, -0.15) is 5.10 Å². The number of benzene rings is 1. The maximum atomic E-state index is 13.2. The molecular weight excluding hydrogens is 448 g/mol. The molecule has 3 aromatic rings. The van der Waals surface area contributed by atoms with Crippen molar-refractivity contribution in [2.24, 2.45) is 0 Å². The Bertz CT molecular complexity index is 1250. The molecule has 10 nitrogen and oxygen atoms in total. The largest absolute Gasteiger partial charge is 0.490 e. The van der Waals surface area contributed by atoms with Gasteiger partial charge in [0.2, 0.25) is 0 Å². The van der Waals surface area contributed by atoms with Gasteiger partial charge in [0.25, 0.3) is 5.56 Å². The van der Waals surface area contributed by atoms with Gasteiger partial charge in [-0.15, -0.1) is 0 Å². The van der Waals surface area contributed by atoms with Crippen molar-refractivity contribution in [1.29, 1.82) is 0 Å². The Kier molecular flexibility index (Phi) is 6.22. The molecule has 35 heavy (non-hydrogen) atoms. The van der Waals surface area contributed by atoms with Crippen molar-refractivity contribution in [3.63, 3.8) is 0 Å². The Morgan fingerprint density at radius 1 is 1.17 bits per heavy atom. The molecule has 186 valence electrons. The monoisotopic (exact) mass is 480 g/mol. The number of ether oxygens (including phenoxy) is 1. The molecule has 1 saturated carbocycles. The summed E-state index contributed by atoms with van der Waals surface area (Å²) in [5.41, 5.74) is -0.0651. The number of hydrogen-bond acceptors (Lipinski definition) is 6. The van der Waals surface area contributed by atoms with Gasteiger partial charge in [-0.05, 0) is 62.8 Å². The van der Waals surface area contributed by atoms with Crippen LogP contribution >= 0.6 is 0 Å². The number of fused-ring (bicyclic) bond motifs is 1. The number of hydrogen-bond donors (Lipinski definition) is 1. The van der Waals surface area contributed by atoms with Crippen LogP contribution in [0, 0.1) is 0 Å². The first-order valence-electron chi connectivity index (χ1n) is 12.2. The minimum absolute atomic E-state index is 0.0714. The minimum atomic E-state index is -1.08. The van der Waals surface area contributed by atoms with E-state index in [1.807, 2.05) is 24.3 Å². The van der Waals surface area contributed by atoms with Gasteiger partial charge < -0.3 is 19.6 Å². The number of likely N-dealkylation sites (tertiary alicyclic amines) is 1. The van der Waals surface area contributed by atoms with Crippen LogP contribution in [-0.2, 0) is 6.54 Å². The topological polar surface area (TPSA) is 106 Å². The Morgan fingerprint density at radius 3 is 2.51 bits per heavy atom. The zero-order valence-electron chi connectivity index (χ0n) is 20.3. The minimum Gasteiger partial charge on any atom is -0.490 e. The van der Waals surface area contributed by atoms with E-state index in [0.29, 0.717) is 43.1 Å². The summed E-state index contributed by atoms with van der Waals surface area (Å²) in [7, 11) is 3.42. The highest BCUT2D eigenvalue weighted by molar-refractivity contribution is 5.75. The molecule has 1 aliphatic heterocycles. The molecule has 5 rings (SSSR count). The Labute approximate surface area is 203 Å². The van der Waals surface area contributed by atoms with Crippen LogP contribution in [0.3, 0.4) is 0 Å². The van der Waals surface area contributed by atoms with E-state index in [1.54, 1.807) is 23.7 Å². The molecule has 0 bridgehead atoms. The maximum absolute atomic E-state index is 13.2. The van der Waals surface area contributed by atoms with E-state index >= 15 is 0 Å². The molecule has 0 unspecified atom stereocenters. The molecule has 1 aromatic carbocycles. The summed E-state index contributed by atoms with van der Waals surface area (Å²) in [5, 5.41) is 15.9. The van der Waals surface area contributed by atoms with Crippen molar-refractivity contribution in [3.8, 4) is 11.4 Å². The number of aliphatic hydroxyl groups is 1. The van der Waals surface area contributed by atoms with Crippen molar-refractivity contribution in [1.82, 2.24) is 29.1 Å². The van der Waals surface area contributed by atoms with Crippen LogP contribution in [0.25, 0.3) is 16.7 Å². The van der Waals surface area contributed by atoms with E-state index in [2.05, 4.69) is 10.1 Å². The average molecular weight is 481 g/mol. The number of urea groups is 1. The number of amides is 2. The van der Waals surface area contributed by atoms with Gasteiger partial charge in [-0.25, -0.2) is 14.5 Å². The second-order valence-corrected chi connectivity index (χ2v) is 9.88. The van der Waals surface area contributed by atoms with Gasteiger partial charge in [0.1, 0.15) is 17.5 Å². The summed E-state index contributed by atoms with van der Waals surface area (Å²) >= 11 is 0. The summed E-state index contributed by atoms with van der Waals surface area (Å²) in [5.74, 6) is 0.832. The van der Waals surface area contributed by atoms with Crippen molar-refractivity contribution in [3.05, 3.63) is 47.1 Å². The van der Waals surface area contributed by atoms with Gasteiger partial charge in [0, 0.05) is 27.2 Å². The van der Waals surface area contributed by atoms with E-state index in [-0.39, 0.29) is 18.1 Å². The van der Waals surface area contributed by atoms with E-state index in [9.17, 15) is 14.7 Å². The standard InChI is InChI=1S/C25H32N6O4/c1-28(2)24(33)29-13-11-25(34,12-14-29)16-30-17-26-22-21(23(30)32)15-27-31(22)18-7-9-20(10-8-18)35-19-5-3-4-6-19/h7-10,15,17,19,34H,3-6,11-14,16H2,1-2H3. The maximum Gasteiger partial charge on any atom is 0.319 e. The number of aromatic nitrogens is 4. The van der Waals surface area contributed by atoms with Gasteiger partial charge in [-0.3, -0.25) is 9.36 Å². The lowest BCUT2D eigenvalue weighted by atomic mass is 9.91. The lowest BCUT2D eigenvalue weighted by molar-refractivity contribution is -0.0282. The van der Waals surface area contributed by atoms with Crippen LogP contribution in [0.4, 0.5) is 4.79 Å². The normalized spacial score (nSPS) is 18.2. The molecule has 10 heteroatoms. The highest BCUT2D eigenvalue weighted by Gasteiger charge is 2.35. The van der Waals surface area contributed by atoms with Crippen LogP contribution in [0.5, 0.6) is 5.75 Å². The predicted molar refractivity (Wildman–Crippen MR) is 131 cm³/mol. The zero-order valence-corrected chi connectivity index (χ0v) is 20.3. The van der Waals surface area contributed by atoms with Crippen molar-refractivity contribution in [2.45, 2.75) is 56.8 Å².